The molecule has 1 saturated heterocycles. The number of rotatable bonds is 8. The molecule has 0 bridgehead atoms. The third kappa shape index (κ3) is 4.81. The van der Waals surface area contributed by atoms with Gasteiger partial charge in [0.25, 0.3) is 0 Å². The molecule has 0 amide bonds. The van der Waals surface area contributed by atoms with Crippen molar-refractivity contribution in [2.45, 2.75) is 50.7 Å². The number of benzene rings is 2. The highest BCUT2D eigenvalue weighted by Gasteiger charge is 2.26. The van der Waals surface area contributed by atoms with Crippen LogP contribution < -0.4 is 0 Å². The molecule has 164 valence electrons. The van der Waals surface area contributed by atoms with Gasteiger partial charge in [-0.05, 0) is 36.9 Å². The Morgan fingerprint density at radius 1 is 0.969 bits per heavy atom. The first-order valence-corrected chi connectivity index (χ1v) is 11.5. The summed E-state index contributed by atoms with van der Waals surface area (Å²) < 4.78 is 7.93. The number of piperidine rings is 1. The van der Waals surface area contributed by atoms with Crippen LogP contribution in [0.25, 0.3) is 0 Å². The van der Waals surface area contributed by atoms with Gasteiger partial charge in [-0.25, -0.2) is 4.98 Å². The number of nitrogens with zero attached hydrogens (tertiary/aromatic N) is 5. The van der Waals surface area contributed by atoms with Gasteiger partial charge in [0, 0.05) is 25.0 Å². The van der Waals surface area contributed by atoms with Crippen LogP contribution in [0.3, 0.4) is 0 Å². The Morgan fingerprint density at radius 3 is 2.41 bits per heavy atom. The Morgan fingerprint density at radius 2 is 1.72 bits per heavy atom. The summed E-state index contributed by atoms with van der Waals surface area (Å²) in [5.41, 5.74) is 2.34. The van der Waals surface area contributed by atoms with Gasteiger partial charge in [-0.15, -0.1) is 0 Å². The van der Waals surface area contributed by atoms with Crippen LogP contribution in [0.1, 0.15) is 54.4 Å². The minimum Gasteiger partial charge on any atom is -0.338 e. The van der Waals surface area contributed by atoms with Crippen LogP contribution in [0.15, 0.2) is 83.9 Å². The zero-order chi connectivity index (χ0) is 21.6. The van der Waals surface area contributed by atoms with E-state index in [9.17, 15) is 0 Å². The summed E-state index contributed by atoms with van der Waals surface area (Å²) in [7, 11) is 0. The van der Waals surface area contributed by atoms with Crippen LogP contribution in [0.5, 0.6) is 0 Å². The predicted octanol–water partition coefficient (Wildman–Crippen LogP) is 4.89. The molecule has 0 saturated carbocycles. The minimum atomic E-state index is -0.0340. The summed E-state index contributed by atoms with van der Waals surface area (Å²) in [5, 5.41) is 4.42. The van der Waals surface area contributed by atoms with Gasteiger partial charge < -0.3 is 9.09 Å². The van der Waals surface area contributed by atoms with Crippen molar-refractivity contribution in [3.8, 4) is 0 Å². The van der Waals surface area contributed by atoms with E-state index < -0.39 is 0 Å². The van der Waals surface area contributed by atoms with Crippen LogP contribution >= 0.6 is 0 Å². The van der Waals surface area contributed by atoms with Crippen LogP contribution in [-0.2, 0) is 13.1 Å². The fraction of sp³-hybridized carbons (Fsp3) is 0.346. The third-order valence-electron chi connectivity index (χ3n) is 6.37. The maximum absolute atomic E-state index is 5.77. The summed E-state index contributed by atoms with van der Waals surface area (Å²) >= 11 is 0. The molecule has 1 atom stereocenters. The van der Waals surface area contributed by atoms with Gasteiger partial charge in [0.2, 0.25) is 5.89 Å². The molecule has 0 radical (unpaired) electrons. The molecule has 0 aliphatic carbocycles. The Labute approximate surface area is 188 Å². The Hall–Kier alpha value is -3.25. The molecule has 1 fully saturated rings. The Balaban J connectivity index is 1.33. The molecule has 5 rings (SSSR count). The SMILES string of the molecule is c1ccc(C(c2ccccc2)c2noc(CN3CCCCC3CCn3ccnc3)n2)cc1. The largest absolute Gasteiger partial charge is 0.338 e. The normalized spacial score (nSPS) is 17.1. The fourth-order valence-corrected chi connectivity index (χ4v) is 4.72. The lowest BCUT2D eigenvalue weighted by molar-refractivity contribution is 0.113. The van der Waals surface area contributed by atoms with Gasteiger partial charge in [-0.3, -0.25) is 4.90 Å². The summed E-state index contributed by atoms with van der Waals surface area (Å²) in [6.07, 6.45) is 10.6. The van der Waals surface area contributed by atoms with Crippen molar-refractivity contribution in [1.82, 2.24) is 24.6 Å². The average molecular weight is 428 g/mol. The lowest BCUT2D eigenvalue weighted by atomic mass is 9.91. The maximum Gasteiger partial charge on any atom is 0.240 e. The van der Waals surface area contributed by atoms with E-state index in [-0.39, 0.29) is 5.92 Å². The third-order valence-corrected chi connectivity index (χ3v) is 6.37. The van der Waals surface area contributed by atoms with Crippen LogP contribution in [0.2, 0.25) is 0 Å². The number of hydrogen-bond acceptors (Lipinski definition) is 5. The summed E-state index contributed by atoms with van der Waals surface area (Å²) in [5.74, 6) is 1.39. The lowest BCUT2D eigenvalue weighted by Crippen LogP contribution is -2.39. The summed E-state index contributed by atoms with van der Waals surface area (Å²) in [4.78, 5) is 11.5. The molecule has 6 heteroatoms. The highest BCUT2D eigenvalue weighted by molar-refractivity contribution is 5.37. The number of aryl methyl sites for hydroxylation is 1. The molecule has 1 unspecified atom stereocenters. The second kappa shape index (κ2) is 9.92. The Kier molecular flexibility index (Phi) is 6.40. The highest BCUT2D eigenvalue weighted by Crippen LogP contribution is 2.30. The molecule has 3 heterocycles. The van der Waals surface area contributed by atoms with Crippen molar-refractivity contribution < 1.29 is 4.52 Å². The number of imidazole rings is 1. The summed E-state index contributed by atoms with van der Waals surface area (Å²) in [6, 6.07) is 21.4. The molecule has 0 spiro atoms. The molecule has 32 heavy (non-hydrogen) atoms. The second-order valence-corrected chi connectivity index (χ2v) is 8.51. The van der Waals surface area contributed by atoms with Gasteiger partial charge in [0.05, 0.1) is 18.8 Å². The number of aromatic nitrogens is 4. The monoisotopic (exact) mass is 427 g/mol. The van der Waals surface area contributed by atoms with Crippen molar-refractivity contribution in [3.63, 3.8) is 0 Å². The molecule has 2 aromatic heterocycles. The number of likely N-dealkylation sites (tertiary alicyclic amines) is 1. The van der Waals surface area contributed by atoms with Gasteiger partial charge in [-0.1, -0.05) is 72.2 Å². The first-order chi connectivity index (χ1) is 15.9. The molecular formula is C26H29N5O. The first-order valence-electron chi connectivity index (χ1n) is 11.5. The molecule has 6 nitrogen and oxygen atoms in total. The molecule has 1 aliphatic rings. The highest BCUT2D eigenvalue weighted by atomic mass is 16.5. The standard InChI is InChI=1S/C26H29N5O/c1-3-9-21(10-4-1)25(22-11-5-2-6-12-22)26-28-24(32-29-26)19-31-16-8-7-13-23(31)14-17-30-18-15-27-20-30/h1-6,9-12,15,18,20,23,25H,7-8,13-14,16-17,19H2. The smallest absolute Gasteiger partial charge is 0.240 e. The van der Waals surface area contributed by atoms with Crippen LogP contribution in [0.4, 0.5) is 0 Å². The van der Waals surface area contributed by atoms with Crippen LogP contribution in [-0.4, -0.2) is 37.2 Å². The van der Waals surface area contributed by atoms with Crippen molar-refractivity contribution in [1.29, 1.82) is 0 Å². The van der Waals surface area contributed by atoms with Gasteiger partial charge in [0.15, 0.2) is 5.82 Å². The topological polar surface area (TPSA) is 60.0 Å². The van der Waals surface area contributed by atoms with E-state index in [0.717, 1.165) is 25.3 Å². The predicted molar refractivity (Wildman–Crippen MR) is 123 cm³/mol. The molecular weight excluding hydrogens is 398 g/mol. The van der Waals surface area contributed by atoms with E-state index in [1.165, 1.54) is 30.4 Å². The van der Waals surface area contributed by atoms with Crippen molar-refractivity contribution in [2.75, 3.05) is 6.54 Å². The van der Waals surface area contributed by atoms with Gasteiger partial charge in [0.1, 0.15) is 0 Å². The minimum absolute atomic E-state index is 0.0340. The van der Waals surface area contributed by atoms with Gasteiger partial charge in [-0.2, -0.15) is 4.98 Å². The van der Waals surface area contributed by atoms with E-state index >= 15 is 0 Å². The zero-order valence-electron chi connectivity index (χ0n) is 18.3. The van der Waals surface area contributed by atoms with Crippen molar-refractivity contribution in [3.05, 3.63) is 102 Å². The number of hydrogen-bond donors (Lipinski definition) is 0. The average Bonchev–Trinajstić information content (AvgIpc) is 3.53. The molecule has 0 N–H and O–H groups in total. The van der Waals surface area contributed by atoms with Crippen LogP contribution in [0, 0.1) is 0 Å². The van der Waals surface area contributed by atoms with E-state index in [1.54, 1.807) is 0 Å². The van der Waals surface area contributed by atoms with E-state index in [4.69, 9.17) is 9.51 Å². The Bertz CT molecular complexity index is 1040. The summed E-state index contributed by atoms with van der Waals surface area (Å²) in [6.45, 7) is 2.77. The quantitative estimate of drug-likeness (QED) is 0.401. The lowest BCUT2D eigenvalue weighted by Gasteiger charge is -2.34. The van der Waals surface area contributed by atoms with E-state index in [0.29, 0.717) is 18.5 Å². The zero-order valence-corrected chi connectivity index (χ0v) is 18.3. The second-order valence-electron chi connectivity index (χ2n) is 8.51. The molecule has 2 aromatic carbocycles. The fourth-order valence-electron chi connectivity index (χ4n) is 4.72. The van der Waals surface area contributed by atoms with Crippen molar-refractivity contribution >= 4 is 0 Å². The maximum atomic E-state index is 5.77. The van der Waals surface area contributed by atoms with E-state index in [2.05, 4.69) is 68.1 Å². The van der Waals surface area contributed by atoms with Gasteiger partial charge >= 0.3 is 0 Å². The van der Waals surface area contributed by atoms with Crippen molar-refractivity contribution in [2.24, 2.45) is 0 Å². The first kappa shape index (κ1) is 20.6. The molecule has 4 aromatic rings. The molecule has 1 aliphatic heterocycles. The van der Waals surface area contributed by atoms with E-state index in [1.807, 2.05) is 30.9 Å².